The molecule has 2 atom stereocenters. The highest BCUT2D eigenvalue weighted by Crippen LogP contribution is 2.38. The van der Waals surface area contributed by atoms with E-state index in [0.717, 1.165) is 18.2 Å². The number of halogens is 3. The van der Waals surface area contributed by atoms with E-state index in [9.17, 15) is 18.0 Å². The number of aromatic nitrogens is 3. The van der Waals surface area contributed by atoms with Crippen LogP contribution in [0.4, 0.5) is 19.0 Å². The summed E-state index contributed by atoms with van der Waals surface area (Å²) in [5, 5.41) is 4.00. The van der Waals surface area contributed by atoms with E-state index in [1.807, 2.05) is 0 Å². The van der Waals surface area contributed by atoms with Crippen LogP contribution < -0.4 is 4.90 Å². The standard InChI is InChI=1S/C17H13F3N4O/c18-11-1-2-14(20)13(5-11)15-6-12(19)8-23(15)16-3-4-24-17(22-16)10(9-25)7-21-24/h1-5,7,9,12,15H,6,8H2/t12-,15+/m0/s1. The fraction of sp³-hybridized carbons (Fsp3) is 0.235. The molecular weight excluding hydrogens is 333 g/mol. The van der Waals surface area contributed by atoms with Gasteiger partial charge in [0.2, 0.25) is 0 Å². The summed E-state index contributed by atoms with van der Waals surface area (Å²) < 4.78 is 43.2. The highest BCUT2D eigenvalue weighted by Gasteiger charge is 2.36. The summed E-state index contributed by atoms with van der Waals surface area (Å²) in [6, 6.07) is 4.07. The quantitative estimate of drug-likeness (QED) is 0.684. The normalized spacial score (nSPS) is 20.4. The second-order valence-corrected chi connectivity index (χ2v) is 5.94. The Morgan fingerprint density at radius 3 is 2.88 bits per heavy atom. The fourth-order valence-electron chi connectivity index (χ4n) is 3.22. The van der Waals surface area contributed by atoms with Crippen molar-refractivity contribution in [1.29, 1.82) is 0 Å². The van der Waals surface area contributed by atoms with Crippen LogP contribution in [0.5, 0.6) is 0 Å². The van der Waals surface area contributed by atoms with E-state index < -0.39 is 23.8 Å². The smallest absolute Gasteiger partial charge is 0.167 e. The average Bonchev–Trinajstić information content (AvgIpc) is 3.19. The third-order valence-corrected chi connectivity index (χ3v) is 4.37. The Morgan fingerprint density at radius 1 is 1.24 bits per heavy atom. The molecule has 0 N–H and O–H groups in total. The fourth-order valence-corrected chi connectivity index (χ4v) is 3.22. The summed E-state index contributed by atoms with van der Waals surface area (Å²) in [6.07, 6.45) is 2.44. The molecule has 0 bridgehead atoms. The lowest BCUT2D eigenvalue weighted by Gasteiger charge is -2.26. The molecule has 0 spiro atoms. The zero-order valence-corrected chi connectivity index (χ0v) is 12.9. The van der Waals surface area contributed by atoms with Crippen molar-refractivity contribution in [3.05, 3.63) is 59.4 Å². The molecule has 0 amide bonds. The third kappa shape index (κ3) is 2.63. The zero-order valence-electron chi connectivity index (χ0n) is 12.9. The molecule has 3 heterocycles. The monoisotopic (exact) mass is 346 g/mol. The van der Waals surface area contributed by atoms with Gasteiger partial charge in [0.15, 0.2) is 11.9 Å². The van der Waals surface area contributed by atoms with Gasteiger partial charge in [0, 0.05) is 18.2 Å². The average molecular weight is 346 g/mol. The van der Waals surface area contributed by atoms with Crippen molar-refractivity contribution in [3.63, 3.8) is 0 Å². The largest absolute Gasteiger partial charge is 0.346 e. The van der Waals surface area contributed by atoms with Crippen molar-refractivity contribution < 1.29 is 18.0 Å². The van der Waals surface area contributed by atoms with Gasteiger partial charge in [0.25, 0.3) is 0 Å². The Kier molecular flexibility index (Phi) is 3.67. The maximum atomic E-state index is 14.2. The van der Waals surface area contributed by atoms with Crippen LogP contribution in [0.1, 0.15) is 28.4 Å². The minimum absolute atomic E-state index is 0.00829. The number of hydrogen-bond acceptors (Lipinski definition) is 4. The summed E-state index contributed by atoms with van der Waals surface area (Å²) in [6.45, 7) is 0.00829. The topological polar surface area (TPSA) is 50.5 Å². The van der Waals surface area contributed by atoms with Crippen molar-refractivity contribution >= 4 is 17.8 Å². The molecule has 3 aromatic rings. The molecule has 1 aromatic carbocycles. The molecule has 1 aliphatic heterocycles. The van der Waals surface area contributed by atoms with Gasteiger partial charge >= 0.3 is 0 Å². The Bertz CT molecular complexity index is 958. The molecule has 1 aliphatic rings. The van der Waals surface area contributed by atoms with E-state index in [2.05, 4.69) is 10.1 Å². The van der Waals surface area contributed by atoms with Crippen molar-refractivity contribution in [1.82, 2.24) is 14.6 Å². The predicted molar refractivity (Wildman–Crippen MR) is 84.3 cm³/mol. The first-order valence-corrected chi connectivity index (χ1v) is 7.72. The van der Waals surface area contributed by atoms with Gasteiger partial charge in [-0.05, 0) is 24.3 Å². The maximum Gasteiger partial charge on any atom is 0.167 e. The van der Waals surface area contributed by atoms with Crippen LogP contribution in [-0.2, 0) is 0 Å². The molecule has 8 heteroatoms. The van der Waals surface area contributed by atoms with Crippen LogP contribution in [0.2, 0.25) is 0 Å². The minimum atomic E-state index is -1.19. The summed E-state index contributed by atoms with van der Waals surface area (Å²) in [7, 11) is 0. The number of anilines is 1. The summed E-state index contributed by atoms with van der Waals surface area (Å²) in [5.41, 5.74) is 0.713. The van der Waals surface area contributed by atoms with Crippen molar-refractivity contribution in [2.24, 2.45) is 0 Å². The first-order chi connectivity index (χ1) is 12.1. The molecule has 0 unspecified atom stereocenters. The van der Waals surface area contributed by atoms with Gasteiger partial charge in [-0.3, -0.25) is 4.79 Å². The van der Waals surface area contributed by atoms with Gasteiger partial charge in [-0.25, -0.2) is 22.7 Å². The number of aldehydes is 1. The van der Waals surface area contributed by atoms with E-state index in [-0.39, 0.29) is 18.5 Å². The number of alkyl halides is 1. The Hall–Kier alpha value is -2.90. The zero-order chi connectivity index (χ0) is 17.6. The number of fused-ring (bicyclic) bond motifs is 1. The lowest BCUT2D eigenvalue weighted by atomic mass is 10.0. The van der Waals surface area contributed by atoms with Gasteiger partial charge < -0.3 is 4.90 Å². The molecule has 0 saturated carbocycles. The number of nitrogens with zero attached hydrogens (tertiary/aromatic N) is 4. The van der Waals surface area contributed by atoms with Crippen LogP contribution in [0.3, 0.4) is 0 Å². The molecule has 1 fully saturated rings. The Morgan fingerprint density at radius 2 is 2.08 bits per heavy atom. The summed E-state index contributed by atoms with van der Waals surface area (Å²) >= 11 is 0. The second kappa shape index (κ2) is 5.87. The molecule has 25 heavy (non-hydrogen) atoms. The minimum Gasteiger partial charge on any atom is -0.346 e. The van der Waals surface area contributed by atoms with Crippen LogP contribution in [0.25, 0.3) is 5.65 Å². The van der Waals surface area contributed by atoms with E-state index in [0.29, 0.717) is 23.3 Å². The van der Waals surface area contributed by atoms with Gasteiger partial charge in [0.05, 0.1) is 24.3 Å². The Balaban J connectivity index is 1.79. The number of hydrogen-bond donors (Lipinski definition) is 0. The number of rotatable bonds is 3. The first kappa shape index (κ1) is 15.6. The maximum absolute atomic E-state index is 14.2. The molecule has 0 radical (unpaired) electrons. The first-order valence-electron chi connectivity index (χ1n) is 7.72. The number of carbonyl (C=O) groups is 1. The van der Waals surface area contributed by atoms with Crippen molar-refractivity contribution in [2.45, 2.75) is 18.6 Å². The molecule has 128 valence electrons. The van der Waals surface area contributed by atoms with Gasteiger partial charge in [0.1, 0.15) is 23.6 Å². The van der Waals surface area contributed by atoms with E-state index in [1.54, 1.807) is 17.2 Å². The van der Waals surface area contributed by atoms with E-state index >= 15 is 0 Å². The van der Waals surface area contributed by atoms with Crippen LogP contribution >= 0.6 is 0 Å². The van der Waals surface area contributed by atoms with E-state index in [4.69, 9.17) is 0 Å². The Labute approximate surface area is 140 Å². The lowest BCUT2D eigenvalue weighted by Crippen LogP contribution is -2.25. The number of benzene rings is 1. The number of carbonyl (C=O) groups excluding carboxylic acids is 1. The predicted octanol–water partition coefficient (Wildman–Crippen LogP) is 3.11. The second-order valence-electron chi connectivity index (χ2n) is 5.94. The molecule has 0 aliphatic carbocycles. The van der Waals surface area contributed by atoms with E-state index in [1.165, 1.54) is 10.7 Å². The van der Waals surface area contributed by atoms with Gasteiger partial charge in [-0.2, -0.15) is 5.10 Å². The lowest BCUT2D eigenvalue weighted by molar-refractivity contribution is 0.112. The van der Waals surface area contributed by atoms with Crippen molar-refractivity contribution in [3.8, 4) is 0 Å². The SMILES string of the molecule is O=Cc1cnn2ccc(N3C[C@@H](F)C[C@@H]3c3cc(F)ccc3F)nc12. The van der Waals surface area contributed by atoms with Gasteiger partial charge in [-0.15, -0.1) is 0 Å². The highest BCUT2D eigenvalue weighted by molar-refractivity contribution is 5.84. The van der Waals surface area contributed by atoms with Gasteiger partial charge in [-0.1, -0.05) is 0 Å². The molecule has 2 aromatic heterocycles. The molecular formula is C17H13F3N4O. The molecule has 5 nitrogen and oxygen atoms in total. The van der Waals surface area contributed by atoms with Crippen LogP contribution in [-0.4, -0.2) is 33.6 Å². The highest BCUT2D eigenvalue weighted by atomic mass is 19.1. The third-order valence-electron chi connectivity index (χ3n) is 4.37. The summed E-state index contributed by atoms with van der Waals surface area (Å²) in [5.74, 6) is -0.796. The molecule has 4 rings (SSSR count). The molecule has 1 saturated heterocycles. The summed E-state index contributed by atoms with van der Waals surface area (Å²) in [4.78, 5) is 17.0. The van der Waals surface area contributed by atoms with Crippen LogP contribution in [0, 0.1) is 11.6 Å². The van der Waals surface area contributed by atoms with Crippen LogP contribution in [0.15, 0.2) is 36.7 Å². The van der Waals surface area contributed by atoms with Crippen molar-refractivity contribution in [2.75, 3.05) is 11.4 Å².